The molecule has 0 aromatic heterocycles. The van der Waals surface area contributed by atoms with E-state index >= 15 is 0 Å². The molecule has 6 heteroatoms. The lowest BCUT2D eigenvalue weighted by Gasteiger charge is -2.23. The van der Waals surface area contributed by atoms with Crippen LogP contribution in [0.3, 0.4) is 0 Å². The highest BCUT2D eigenvalue weighted by atomic mass is 35.5. The maximum absolute atomic E-state index is 13.3. The molecule has 0 bridgehead atoms. The topological polar surface area (TPSA) is 41.1 Å². The predicted octanol–water partition coefficient (Wildman–Crippen LogP) is 1.87. The third-order valence-corrected chi connectivity index (χ3v) is 2.81. The number of hydrogen-bond donors (Lipinski definition) is 2. The number of amides is 1. The van der Waals surface area contributed by atoms with E-state index in [0.717, 1.165) is 37.6 Å². The van der Waals surface area contributed by atoms with Gasteiger partial charge in [-0.3, -0.25) is 4.79 Å². The van der Waals surface area contributed by atoms with E-state index in [1.807, 2.05) is 0 Å². The lowest BCUT2D eigenvalue weighted by atomic mass is 10.1. The second kappa shape index (κ2) is 6.66. The highest BCUT2D eigenvalue weighted by Gasteiger charge is 2.18. The Bertz CT molecular complexity index is 423. The Morgan fingerprint density at radius 2 is 2.17 bits per heavy atom. The van der Waals surface area contributed by atoms with Gasteiger partial charge in [0.15, 0.2) is 0 Å². The van der Waals surface area contributed by atoms with Gasteiger partial charge in [0, 0.05) is 12.6 Å². The average Bonchev–Trinajstić information content (AvgIpc) is 2.33. The molecule has 1 atom stereocenters. The minimum atomic E-state index is -0.701. The van der Waals surface area contributed by atoms with Gasteiger partial charge >= 0.3 is 0 Å². The fourth-order valence-electron chi connectivity index (χ4n) is 1.91. The van der Waals surface area contributed by atoms with E-state index in [2.05, 4.69) is 10.6 Å². The fraction of sp³-hybridized carbons (Fsp3) is 0.417. The summed E-state index contributed by atoms with van der Waals surface area (Å²) in [5.41, 5.74) is -0.240. The Kier molecular flexibility index (Phi) is 5.50. The van der Waals surface area contributed by atoms with Crippen LogP contribution in [-0.4, -0.2) is 25.0 Å². The van der Waals surface area contributed by atoms with Crippen molar-refractivity contribution in [1.29, 1.82) is 0 Å². The maximum atomic E-state index is 13.3. The Morgan fingerprint density at radius 3 is 2.83 bits per heavy atom. The summed E-state index contributed by atoms with van der Waals surface area (Å²) in [5.74, 6) is -1.87. The summed E-state index contributed by atoms with van der Waals surface area (Å²) < 4.78 is 26.3. The normalized spacial score (nSPS) is 18.9. The second-order valence-electron chi connectivity index (χ2n) is 4.14. The van der Waals surface area contributed by atoms with Gasteiger partial charge in [-0.15, -0.1) is 12.4 Å². The monoisotopic (exact) mass is 276 g/mol. The van der Waals surface area contributed by atoms with Crippen LogP contribution in [0.1, 0.15) is 23.2 Å². The van der Waals surface area contributed by atoms with Crippen LogP contribution in [0.2, 0.25) is 0 Å². The standard InChI is InChI=1S/C12H14F2N2O.ClH/c13-8-3-4-11(14)10(6-8)12(17)16-9-2-1-5-15-7-9;/h3-4,6,9,15H,1-2,5,7H2,(H,16,17);1H/t9-;/m0./s1. The summed E-state index contributed by atoms with van der Waals surface area (Å²) in [5, 5.41) is 5.83. The van der Waals surface area contributed by atoms with Crippen molar-refractivity contribution in [3.63, 3.8) is 0 Å². The number of nitrogens with one attached hydrogen (secondary N) is 2. The van der Waals surface area contributed by atoms with Gasteiger partial charge in [-0.1, -0.05) is 0 Å². The van der Waals surface area contributed by atoms with Gasteiger partial charge in [0.25, 0.3) is 5.91 Å². The van der Waals surface area contributed by atoms with E-state index in [0.29, 0.717) is 6.54 Å². The Labute approximate surface area is 110 Å². The average molecular weight is 277 g/mol. The minimum absolute atomic E-state index is 0. The third-order valence-electron chi connectivity index (χ3n) is 2.81. The van der Waals surface area contributed by atoms with Crippen LogP contribution in [0.15, 0.2) is 18.2 Å². The van der Waals surface area contributed by atoms with Gasteiger partial charge < -0.3 is 10.6 Å². The third kappa shape index (κ3) is 3.65. The molecule has 18 heavy (non-hydrogen) atoms. The molecule has 0 aliphatic carbocycles. The number of carbonyl (C=O) groups is 1. The zero-order chi connectivity index (χ0) is 12.3. The molecule has 0 saturated carbocycles. The van der Waals surface area contributed by atoms with E-state index < -0.39 is 17.5 Å². The molecule has 100 valence electrons. The van der Waals surface area contributed by atoms with Crippen LogP contribution in [0.4, 0.5) is 8.78 Å². The zero-order valence-corrected chi connectivity index (χ0v) is 10.5. The molecule has 1 aromatic rings. The molecule has 1 aromatic carbocycles. The van der Waals surface area contributed by atoms with Crippen LogP contribution in [0.25, 0.3) is 0 Å². The molecule has 1 aliphatic rings. The van der Waals surface area contributed by atoms with Crippen LogP contribution in [0, 0.1) is 11.6 Å². The quantitative estimate of drug-likeness (QED) is 0.866. The molecular formula is C12H15ClF2N2O. The highest BCUT2D eigenvalue weighted by molar-refractivity contribution is 5.94. The van der Waals surface area contributed by atoms with Crippen LogP contribution < -0.4 is 10.6 Å². The molecule has 1 amide bonds. The number of piperidine rings is 1. The highest BCUT2D eigenvalue weighted by Crippen LogP contribution is 2.10. The Balaban J connectivity index is 0.00000162. The van der Waals surface area contributed by atoms with Crippen molar-refractivity contribution in [2.24, 2.45) is 0 Å². The van der Waals surface area contributed by atoms with Crippen molar-refractivity contribution in [1.82, 2.24) is 10.6 Å². The van der Waals surface area contributed by atoms with Crippen molar-refractivity contribution in [2.45, 2.75) is 18.9 Å². The molecule has 0 unspecified atom stereocenters. The molecule has 0 spiro atoms. The van der Waals surface area contributed by atoms with E-state index in [9.17, 15) is 13.6 Å². The summed E-state index contributed by atoms with van der Waals surface area (Å²) in [6.45, 7) is 1.60. The van der Waals surface area contributed by atoms with Gasteiger partial charge in [-0.2, -0.15) is 0 Å². The molecule has 1 fully saturated rings. The number of benzene rings is 1. The fourth-order valence-corrected chi connectivity index (χ4v) is 1.91. The minimum Gasteiger partial charge on any atom is -0.348 e. The number of hydrogen-bond acceptors (Lipinski definition) is 2. The van der Waals surface area contributed by atoms with Crippen LogP contribution in [-0.2, 0) is 0 Å². The lowest BCUT2D eigenvalue weighted by molar-refractivity contribution is 0.0926. The molecule has 3 nitrogen and oxygen atoms in total. The van der Waals surface area contributed by atoms with Gasteiger partial charge in [0.2, 0.25) is 0 Å². The Morgan fingerprint density at radius 1 is 1.39 bits per heavy atom. The SMILES string of the molecule is Cl.O=C(N[C@H]1CCCNC1)c1cc(F)ccc1F. The summed E-state index contributed by atoms with van der Waals surface area (Å²) in [7, 11) is 0. The van der Waals surface area contributed by atoms with Crippen molar-refractivity contribution in [3.05, 3.63) is 35.4 Å². The summed E-state index contributed by atoms with van der Waals surface area (Å²) in [6, 6.07) is 2.86. The molecule has 1 heterocycles. The molecule has 2 rings (SSSR count). The first-order valence-corrected chi connectivity index (χ1v) is 5.63. The maximum Gasteiger partial charge on any atom is 0.254 e. The van der Waals surface area contributed by atoms with Crippen LogP contribution >= 0.6 is 12.4 Å². The first-order valence-electron chi connectivity index (χ1n) is 5.63. The molecule has 1 saturated heterocycles. The molecule has 1 aliphatic heterocycles. The molecule has 0 radical (unpaired) electrons. The van der Waals surface area contributed by atoms with Gasteiger partial charge in [0.1, 0.15) is 11.6 Å². The largest absolute Gasteiger partial charge is 0.348 e. The first-order chi connectivity index (χ1) is 8.16. The van der Waals surface area contributed by atoms with E-state index in [1.165, 1.54) is 0 Å². The number of carbonyl (C=O) groups excluding carboxylic acids is 1. The van der Waals surface area contributed by atoms with E-state index in [4.69, 9.17) is 0 Å². The number of halogens is 3. The van der Waals surface area contributed by atoms with Gasteiger partial charge in [0.05, 0.1) is 5.56 Å². The van der Waals surface area contributed by atoms with E-state index in [-0.39, 0.29) is 24.0 Å². The molecule has 2 N–H and O–H groups in total. The molecular weight excluding hydrogens is 262 g/mol. The smallest absolute Gasteiger partial charge is 0.254 e. The van der Waals surface area contributed by atoms with Crippen molar-refractivity contribution in [2.75, 3.05) is 13.1 Å². The van der Waals surface area contributed by atoms with Gasteiger partial charge in [-0.25, -0.2) is 8.78 Å². The summed E-state index contributed by atoms with van der Waals surface area (Å²) in [6.07, 6.45) is 1.83. The first kappa shape index (κ1) is 14.9. The zero-order valence-electron chi connectivity index (χ0n) is 9.71. The number of rotatable bonds is 2. The van der Waals surface area contributed by atoms with Crippen LogP contribution in [0.5, 0.6) is 0 Å². The van der Waals surface area contributed by atoms with Crippen molar-refractivity contribution >= 4 is 18.3 Å². The van der Waals surface area contributed by atoms with Crippen molar-refractivity contribution in [3.8, 4) is 0 Å². The predicted molar refractivity (Wildman–Crippen MR) is 67.0 cm³/mol. The second-order valence-corrected chi connectivity index (χ2v) is 4.14. The summed E-state index contributed by atoms with van der Waals surface area (Å²) in [4.78, 5) is 11.7. The lowest BCUT2D eigenvalue weighted by Crippen LogP contribution is -2.45. The van der Waals surface area contributed by atoms with E-state index in [1.54, 1.807) is 0 Å². The van der Waals surface area contributed by atoms with Gasteiger partial charge in [-0.05, 0) is 37.6 Å². The van der Waals surface area contributed by atoms with Crippen molar-refractivity contribution < 1.29 is 13.6 Å². The Hall–Kier alpha value is -1.20. The summed E-state index contributed by atoms with van der Waals surface area (Å²) >= 11 is 0.